The van der Waals surface area contributed by atoms with E-state index >= 15 is 0 Å². The summed E-state index contributed by atoms with van der Waals surface area (Å²) in [6, 6.07) is 11.3. The van der Waals surface area contributed by atoms with E-state index in [1.54, 1.807) is 42.9 Å². The van der Waals surface area contributed by atoms with Crippen LogP contribution < -0.4 is 20.7 Å². The maximum absolute atomic E-state index is 13.2. The van der Waals surface area contributed by atoms with Gasteiger partial charge < -0.3 is 20.5 Å². The molecule has 4 N–H and O–H groups in total. The summed E-state index contributed by atoms with van der Waals surface area (Å²) < 4.78 is 5.60. The molecule has 2 unspecified atom stereocenters. The lowest BCUT2D eigenvalue weighted by Crippen LogP contribution is -2.54. The van der Waals surface area contributed by atoms with Crippen molar-refractivity contribution in [1.82, 2.24) is 30.8 Å². The summed E-state index contributed by atoms with van der Waals surface area (Å²) in [6.45, 7) is 1.32. The van der Waals surface area contributed by atoms with Gasteiger partial charge in [-0.15, -0.1) is 0 Å². The van der Waals surface area contributed by atoms with E-state index in [9.17, 15) is 33.9 Å². The number of hydrogen-bond donors (Lipinski definition) is 4. The monoisotopic (exact) mass is 650 g/mol. The number of pyridine rings is 2. The Balaban J connectivity index is 1.07. The minimum absolute atomic E-state index is 0.00552. The Kier molecular flexibility index (Phi) is 8.79. The van der Waals surface area contributed by atoms with Gasteiger partial charge in [0, 0.05) is 48.9 Å². The fraction of sp³-hybridized carbons (Fsp3) is 0.235. The molecule has 4 aromatic rings. The van der Waals surface area contributed by atoms with Crippen molar-refractivity contribution in [3.8, 4) is 11.5 Å². The molecule has 2 aromatic heterocycles. The summed E-state index contributed by atoms with van der Waals surface area (Å²) in [5.41, 5.74) is 2.28. The van der Waals surface area contributed by atoms with Crippen LogP contribution in [0.3, 0.4) is 0 Å². The van der Waals surface area contributed by atoms with Gasteiger partial charge in [-0.2, -0.15) is 0 Å². The molecule has 6 rings (SSSR count). The third kappa shape index (κ3) is 6.15. The van der Waals surface area contributed by atoms with Crippen molar-refractivity contribution in [3.63, 3.8) is 0 Å². The quantitative estimate of drug-likeness (QED) is 0.184. The van der Waals surface area contributed by atoms with Crippen LogP contribution in [0.1, 0.15) is 62.7 Å². The van der Waals surface area contributed by atoms with E-state index < -0.39 is 54.1 Å². The molecule has 6 amide bonds. The number of amides is 6. The van der Waals surface area contributed by atoms with Gasteiger partial charge in [0.2, 0.25) is 17.7 Å². The fourth-order valence-corrected chi connectivity index (χ4v) is 5.88. The molecule has 2 aromatic carbocycles. The van der Waals surface area contributed by atoms with Crippen LogP contribution in [0.25, 0.3) is 10.9 Å². The highest BCUT2D eigenvalue weighted by atomic mass is 16.5. The molecule has 48 heavy (non-hydrogen) atoms. The number of hydrogen-bond acceptors (Lipinski definition) is 10. The number of benzene rings is 2. The van der Waals surface area contributed by atoms with Gasteiger partial charge in [-0.25, -0.2) is 0 Å². The Hall–Kier alpha value is -6.18. The first kappa shape index (κ1) is 31.8. The van der Waals surface area contributed by atoms with Gasteiger partial charge in [0.25, 0.3) is 17.7 Å². The lowest BCUT2D eigenvalue weighted by atomic mass is 9.94. The smallest absolute Gasteiger partial charge is 0.266 e. The average Bonchev–Trinajstić information content (AvgIpc) is 3.34. The second kappa shape index (κ2) is 13.3. The zero-order valence-corrected chi connectivity index (χ0v) is 25.7. The number of rotatable bonds is 10. The van der Waals surface area contributed by atoms with Crippen molar-refractivity contribution in [2.75, 3.05) is 13.2 Å². The number of aryl methyl sites for hydroxylation is 1. The van der Waals surface area contributed by atoms with E-state index in [0.717, 1.165) is 15.8 Å². The van der Waals surface area contributed by atoms with Gasteiger partial charge >= 0.3 is 0 Å². The molecule has 2 aliphatic rings. The lowest BCUT2D eigenvalue weighted by molar-refractivity contribution is -0.136. The zero-order valence-electron chi connectivity index (χ0n) is 25.7. The minimum Gasteiger partial charge on any atom is -0.505 e. The number of fused-ring (bicyclic) bond motifs is 2. The maximum atomic E-state index is 13.2. The number of nitrogens with one attached hydrogen (secondary N) is 3. The number of piperidine rings is 1. The van der Waals surface area contributed by atoms with E-state index in [2.05, 4.69) is 25.9 Å². The SMILES string of the molecule is Cc1cc(C(NC(=O)CCNC(=O)COc2cccc3c2C(=O)N(C2CCC(=O)NC2=O)C3=O)c2cccnc2)c(O)c2ncccc12. The van der Waals surface area contributed by atoms with Gasteiger partial charge in [0.05, 0.1) is 17.2 Å². The molecule has 4 heterocycles. The van der Waals surface area contributed by atoms with Crippen molar-refractivity contribution in [1.29, 1.82) is 0 Å². The van der Waals surface area contributed by atoms with Crippen LogP contribution in [0.5, 0.6) is 11.5 Å². The molecular weight excluding hydrogens is 620 g/mol. The molecule has 0 saturated carbocycles. The van der Waals surface area contributed by atoms with Crippen LogP contribution in [-0.4, -0.2) is 74.6 Å². The number of phenolic OH excluding ortho intramolecular Hbond substituents is 1. The number of phenols is 1. The highest BCUT2D eigenvalue weighted by molar-refractivity contribution is 6.24. The fourth-order valence-electron chi connectivity index (χ4n) is 5.88. The third-order valence-corrected chi connectivity index (χ3v) is 8.20. The van der Waals surface area contributed by atoms with Crippen molar-refractivity contribution in [2.45, 2.75) is 38.3 Å². The standard InChI is InChI=1S/C34H30N6O8/c1-18-15-22(31(44)30-20(18)7-4-13-37-30)29(19-5-3-12-35-16-19)38-26(42)11-14-36-27(43)17-48-24-8-2-6-21-28(24)34(47)40(33(21)46)23-9-10-25(41)39-32(23)45/h2-8,12-13,15-16,23,29,44H,9-11,14,17H2,1H3,(H,36,43)(H,38,42)(H,39,41,45). The number of carbonyl (C=O) groups excluding carboxylic acids is 6. The molecule has 14 nitrogen and oxygen atoms in total. The van der Waals surface area contributed by atoms with Crippen molar-refractivity contribution < 1.29 is 38.6 Å². The maximum Gasteiger partial charge on any atom is 0.266 e. The highest BCUT2D eigenvalue weighted by Crippen LogP contribution is 2.36. The molecule has 244 valence electrons. The van der Waals surface area contributed by atoms with Gasteiger partial charge in [-0.3, -0.25) is 49.0 Å². The predicted octanol–water partition coefficient (Wildman–Crippen LogP) is 1.84. The van der Waals surface area contributed by atoms with Gasteiger partial charge in [-0.05, 0) is 54.8 Å². The molecule has 1 saturated heterocycles. The Morgan fingerprint density at radius 3 is 2.65 bits per heavy atom. The number of aromatic hydroxyl groups is 1. The highest BCUT2D eigenvalue weighted by Gasteiger charge is 2.46. The Morgan fingerprint density at radius 2 is 1.88 bits per heavy atom. The Labute approximate surface area is 273 Å². The van der Waals surface area contributed by atoms with Crippen molar-refractivity contribution in [3.05, 3.63) is 94.9 Å². The van der Waals surface area contributed by atoms with Crippen LogP contribution in [0.4, 0.5) is 0 Å². The molecule has 1 fully saturated rings. The van der Waals surface area contributed by atoms with Crippen molar-refractivity contribution >= 4 is 46.3 Å². The number of carbonyl (C=O) groups is 6. The molecule has 2 aliphatic heterocycles. The predicted molar refractivity (Wildman–Crippen MR) is 169 cm³/mol. The molecular formula is C34H30N6O8. The number of ether oxygens (including phenoxy) is 1. The molecule has 0 aliphatic carbocycles. The van der Waals surface area contributed by atoms with E-state index in [-0.39, 0.29) is 48.4 Å². The normalized spacial score (nSPS) is 16.4. The van der Waals surface area contributed by atoms with Crippen LogP contribution in [-0.2, 0) is 19.2 Å². The molecule has 0 bridgehead atoms. The van der Waals surface area contributed by atoms with E-state index in [1.807, 2.05) is 13.0 Å². The molecule has 0 radical (unpaired) electrons. The summed E-state index contributed by atoms with van der Waals surface area (Å²) in [4.78, 5) is 85.2. The summed E-state index contributed by atoms with van der Waals surface area (Å²) in [5.74, 6) is -3.76. The van der Waals surface area contributed by atoms with Gasteiger partial charge in [0.1, 0.15) is 23.1 Å². The van der Waals surface area contributed by atoms with Crippen LogP contribution >= 0.6 is 0 Å². The first-order chi connectivity index (χ1) is 23.1. The second-order valence-electron chi connectivity index (χ2n) is 11.3. The summed E-state index contributed by atoms with van der Waals surface area (Å²) >= 11 is 0. The van der Waals surface area contributed by atoms with Gasteiger partial charge in [-0.1, -0.05) is 18.2 Å². The average molecular weight is 651 g/mol. The van der Waals surface area contributed by atoms with Crippen LogP contribution in [0.15, 0.2) is 67.1 Å². The van der Waals surface area contributed by atoms with Crippen LogP contribution in [0.2, 0.25) is 0 Å². The number of nitrogens with zero attached hydrogens (tertiary/aromatic N) is 3. The van der Waals surface area contributed by atoms with E-state index in [0.29, 0.717) is 16.6 Å². The number of imide groups is 2. The lowest BCUT2D eigenvalue weighted by Gasteiger charge is -2.27. The van der Waals surface area contributed by atoms with Crippen LogP contribution in [0, 0.1) is 6.92 Å². The molecule has 14 heteroatoms. The van der Waals surface area contributed by atoms with E-state index in [1.165, 1.54) is 18.2 Å². The molecule has 0 spiro atoms. The topological polar surface area (TPSA) is 197 Å². The summed E-state index contributed by atoms with van der Waals surface area (Å²) in [5, 5.41) is 19.6. The Morgan fingerprint density at radius 1 is 1.06 bits per heavy atom. The zero-order chi connectivity index (χ0) is 33.9. The summed E-state index contributed by atoms with van der Waals surface area (Å²) in [6.07, 6.45) is 4.64. The first-order valence-corrected chi connectivity index (χ1v) is 15.1. The minimum atomic E-state index is -1.14. The largest absolute Gasteiger partial charge is 0.505 e. The number of aromatic nitrogens is 2. The van der Waals surface area contributed by atoms with E-state index in [4.69, 9.17) is 4.74 Å². The second-order valence-corrected chi connectivity index (χ2v) is 11.3. The first-order valence-electron chi connectivity index (χ1n) is 15.1. The van der Waals surface area contributed by atoms with Crippen molar-refractivity contribution in [2.24, 2.45) is 0 Å². The Bertz CT molecular complexity index is 1980. The molecule has 2 atom stereocenters. The third-order valence-electron chi connectivity index (χ3n) is 8.20. The summed E-state index contributed by atoms with van der Waals surface area (Å²) in [7, 11) is 0. The van der Waals surface area contributed by atoms with Gasteiger partial charge in [0.15, 0.2) is 6.61 Å².